The number of nitro groups is 1. The van der Waals surface area contributed by atoms with Crippen molar-refractivity contribution in [2.45, 2.75) is 11.4 Å². The van der Waals surface area contributed by atoms with Crippen molar-refractivity contribution in [3.05, 3.63) is 62.9 Å². The van der Waals surface area contributed by atoms with Crippen LogP contribution in [0.1, 0.15) is 5.56 Å². The average molecular weight is 432 g/mol. The third kappa shape index (κ3) is 5.15. The molecule has 0 aromatic heterocycles. The van der Waals surface area contributed by atoms with E-state index in [9.17, 15) is 27.7 Å². The van der Waals surface area contributed by atoms with Crippen LogP contribution < -0.4 is 9.88 Å². The fourth-order valence-electron chi connectivity index (χ4n) is 2.20. The van der Waals surface area contributed by atoms with Crippen LogP contribution in [0.15, 0.2) is 41.3 Å². The number of nitro benzene ring substituents is 1. The summed E-state index contributed by atoms with van der Waals surface area (Å²) in [6.07, 6.45) is 0. The number of carbonyl (C=O) groups excluding carboxylic acids is 1. The van der Waals surface area contributed by atoms with Gasteiger partial charge < -0.3 is 9.64 Å². The van der Waals surface area contributed by atoms with Gasteiger partial charge in [0.05, 0.1) is 9.82 Å². The molecule has 0 radical (unpaired) electrons. The summed E-state index contributed by atoms with van der Waals surface area (Å²) in [5, 5.41) is 16.2. The summed E-state index contributed by atoms with van der Waals surface area (Å²) in [5.74, 6) is -1.51. The Morgan fingerprint density at radius 3 is 2.61 bits per heavy atom. The number of hydrogen-bond acceptors (Lipinski definition) is 6. The number of amides is 1. The molecule has 1 amide bonds. The highest BCUT2D eigenvalue weighted by molar-refractivity contribution is 7.89. The van der Waals surface area contributed by atoms with Crippen LogP contribution in [-0.4, -0.2) is 37.8 Å². The smallest absolute Gasteiger partial charge is 0.312 e. The Morgan fingerprint density at radius 1 is 1.36 bits per heavy atom. The first-order valence-electron chi connectivity index (χ1n) is 7.61. The summed E-state index contributed by atoms with van der Waals surface area (Å²) in [6.45, 7) is -0.738. The van der Waals surface area contributed by atoms with Crippen molar-refractivity contribution < 1.29 is 27.3 Å². The number of rotatable bonds is 7. The van der Waals surface area contributed by atoms with Gasteiger partial charge in [-0.3, -0.25) is 14.9 Å². The number of nitrogens with zero attached hydrogens (tertiary/aromatic N) is 2. The molecule has 2 aromatic carbocycles. The van der Waals surface area contributed by atoms with Crippen molar-refractivity contribution in [3.63, 3.8) is 0 Å². The fourth-order valence-corrected chi connectivity index (χ4v) is 2.95. The standard InChI is InChI=1S/C16H15ClFN3O6S/c1-20(8-11-12(17)3-2-4-13(11)18)16(22)9-27-15-6-5-10(28(19,25)26)7-14(15)21(23)24/h2-7H,8-9H2,1H3,(H2,19,25,26). The van der Waals surface area contributed by atoms with Crippen molar-refractivity contribution in [2.75, 3.05) is 13.7 Å². The number of sulfonamides is 1. The van der Waals surface area contributed by atoms with Gasteiger partial charge in [-0.25, -0.2) is 17.9 Å². The second kappa shape index (κ2) is 8.50. The zero-order chi connectivity index (χ0) is 21.1. The minimum Gasteiger partial charge on any atom is -0.477 e. The van der Waals surface area contributed by atoms with Gasteiger partial charge in [0.1, 0.15) is 5.82 Å². The summed E-state index contributed by atoms with van der Waals surface area (Å²) in [7, 11) is -2.76. The van der Waals surface area contributed by atoms with Gasteiger partial charge in [-0.15, -0.1) is 0 Å². The zero-order valence-corrected chi connectivity index (χ0v) is 16.0. The van der Waals surface area contributed by atoms with E-state index in [2.05, 4.69) is 0 Å². The molecule has 0 fully saturated rings. The van der Waals surface area contributed by atoms with Crippen LogP contribution in [0.3, 0.4) is 0 Å². The van der Waals surface area contributed by atoms with Gasteiger partial charge in [0.15, 0.2) is 12.4 Å². The molecule has 0 aliphatic rings. The maximum absolute atomic E-state index is 13.8. The van der Waals surface area contributed by atoms with Gasteiger partial charge in [-0.2, -0.15) is 0 Å². The summed E-state index contributed by atoms with van der Waals surface area (Å²) in [6, 6.07) is 6.88. The maximum Gasteiger partial charge on any atom is 0.312 e. The van der Waals surface area contributed by atoms with Crippen LogP contribution in [-0.2, 0) is 21.4 Å². The number of hydrogen-bond donors (Lipinski definition) is 1. The van der Waals surface area contributed by atoms with Gasteiger partial charge in [0, 0.05) is 30.2 Å². The van der Waals surface area contributed by atoms with Crippen molar-refractivity contribution >= 4 is 33.2 Å². The molecule has 150 valence electrons. The predicted octanol–water partition coefficient (Wildman–Crippen LogP) is 2.07. The number of carbonyl (C=O) groups is 1. The molecule has 0 aliphatic heterocycles. The lowest BCUT2D eigenvalue weighted by Gasteiger charge is -2.18. The Hall–Kier alpha value is -2.76. The zero-order valence-electron chi connectivity index (χ0n) is 14.5. The number of primary sulfonamides is 1. The molecule has 0 bridgehead atoms. The minimum absolute atomic E-state index is 0.114. The first-order chi connectivity index (χ1) is 13.0. The largest absolute Gasteiger partial charge is 0.477 e. The molecule has 0 saturated heterocycles. The Labute approximate surface area is 164 Å². The Morgan fingerprint density at radius 2 is 2.04 bits per heavy atom. The summed E-state index contributed by atoms with van der Waals surface area (Å²) in [4.78, 5) is 23.1. The van der Waals surface area contributed by atoms with Gasteiger partial charge in [0.25, 0.3) is 5.91 Å². The average Bonchev–Trinajstić information content (AvgIpc) is 2.61. The molecule has 2 aromatic rings. The number of nitrogens with two attached hydrogens (primary N) is 1. The van der Waals surface area contributed by atoms with Crippen molar-refractivity contribution in [1.29, 1.82) is 0 Å². The highest BCUT2D eigenvalue weighted by Crippen LogP contribution is 2.29. The maximum atomic E-state index is 13.8. The van der Waals surface area contributed by atoms with Crippen molar-refractivity contribution in [3.8, 4) is 5.75 Å². The molecule has 12 heteroatoms. The van der Waals surface area contributed by atoms with Crippen LogP contribution >= 0.6 is 11.6 Å². The highest BCUT2D eigenvalue weighted by atomic mass is 35.5. The fraction of sp³-hybridized carbons (Fsp3) is 0.188. The summed E-state index contributed by atoms with van der Waals surface area (Å²) < 4.78 is 41.6. The van der Waals surface area contributed by atoms with Crippen LogP contribution in [0.25, 0.3) is 0 Å². The Kier molecular flexibility index (Phi) is 6.54. The van der Waals surface area contributed by atoms with Crippen molar-refractivity contribution in [2.24, 2.45) is 5.14 Å². The number of ether oxygens (including phenoxy) is 1. The van der Waals surface area contributed by atoms with Gasteiger partial charge in [-0.1, -0.05) is 17.7 Å². The summed E-state index contributed by atoms with van der Waals surface area (Å²) >= 11 is 5.91. The first kappa shape index (κ1) is 21.5. The van der Waals surface area contributed by atoms with E-state index in [4.69, 9.17) is 21.5 Å². The molecule has 0 saturated carbocycles. The van der Waals surface area contributed by atoms with Crippen LogP contribution in [0.4, 0.5) is 10.1 Å². The molecule has 28 heavy (non-hydrogen) atoms. The molecule has 0 unspecified atom stereocenters. The highest BCUT2D eigenvalue weighted by Gasteiger charge is 2.22. The van der Waals surface area contributed by atoms with Crippen molar-refractivity contribution in [1.82, 2.24) is 4.90 Å². The monoisotopic (exact) mass is 431 g/mol. The number of halogens is 2. The van der Waals surface area contributed by atoms with E-state index in [0.717, 1.165) is 23.1 Å². The van der Waals surface area contributed by atoms with E-state index in [1.165, 1.54) is 25.2 Å². The number of benzene rings is 2. The quantitative estimate of drug-likeness (QED) is 0.527. The molecule has 0 aliphatic carbocycles. The normalized spacial score (nSPS) is 11.1. The summed E-state index contributed by atoms with van der Waals surface area (Å²) in [5.41, 5.74) is -0.553. The molecule has 0 atom stereocenters. The van der Waals surface area contributed by atoms with E-state index < -0.39 is 43.9 Å². The Balaban J connectivity index is 2.12. The second-order valence-corrected chi connectivity index (χ2v) is 7.64. The molecule has 2 rings (SSSR count). The SMILES string of the molecule is CN(Cc1c(F)cccc1Cl)C(=O)COc1ccc(S(N)(=O)=O)cc1[N+](=O)[O-]. The molecule has 0 heterocycles. The van der Waals surface area contributed by atoms with E-state index in [-0.39, 0.29) is 22.9 Å². The van der Waals surface area contributed by atoms with E-state index in [1.54, 1.807) is 0 Å². The predicted molar refractivity (Wildman–Crippen MR) is 97.8 cm³/mol. The second-order valence-electron chi connectivity index (χ2n) is 5.67. The molecule has 0 spiro atoms. The lowest BCUT2D eigenvalue weighted by atomic mass is 10.2. The van der Waals surface area contributed by atoms with E-state index in [1.807, 2.05) is 0 Å². The van der Waals surface area contributed by atoms with Crippen LogP contribution in [0.2, 0.25) is 5.02 Å². The number of likely N-dealkylation sites (N-methyl/N-ethyl adjacent to an activating group) is 1. The van der Waals surface area contributed by atoms with Gasteiger partial charge in [-0.05, 0) is 24.3 Å². The van der Waals surface area contributed by atoms with Crippen LogP contribution in [0.5, 0.6) is 5.75 Å². The van der Waals surface area contributed by atoms with E-state index >= 15 is 0 Å². The topological polar surface area (TPSA) is 133 Å². The van der Waals surface area contributed by atoms with Gasteiger partial charge >= 0.3 is 5.69 Å². The first-order valence-corrected chi connectivity index (χ1v) is 9.54. The Bertz CT molecular complexity index is 1010. The molecular formula is C16H15ClFN3O6S. The molecule has 9 nitrogen and oxygen atoms in total. The molecular weight excluding hydrogens is 417 g/mol. The lowest BCUT2D eigenvalue weighted by Crippen LogP contribution is -2.31. The third-order valence-electron chi connectivity index (χ3n) is 3.69. The molecule has 2 N–H and O–H groups in total. The lowest BCUT2D eigenvalue weighted by molar-refractivity contribution is -0.386. The van der Waals surface area contributed by atoms with Crippen LogP contribution in [0, 0.1) is 15.9 Å². The minimum atomic E-state index is -4.15. The van der Waals surface area contributed by atoms with Gasteiger partial charge in [0.2, 0.25) is 10.0 Å². The van der Waals surface area contributed by atoms with E-state index in [0.29, 0.717) is 0 Å². The third-order valence-corrected chi connectivity index (χ3v) is 4.95.